The van der Waals surface area contributed by atoms with Crippen LogP contribution in [0.2, 0.25) is 0 Å². The summed E-state index contributed by atoms with van der Waals surface area (Å²) in [4.78, 5) is 26.5. The first-order valence-electron chi connectivity index (χ1n) is 10.8. The SMILES string of the molecule is Cc1ccc(OCC(=O)Nc2ccc3c(c2)N(CCCOc2ccccc2)C(=O)CO3)cc1. The number of fused-ring (bicyclic) bond motifs is 1. The first kappa shape index (κ1) is 22.2. The normalized spacial score (nSPS) is 12.5. The van der Waals surface area contributed by atoms with E-state index in [0.29, 0.717) is 42.4 Å². The maximum Gasteiger partial charge on any atom is 0.265 e. The molecule has 33 heavy (non-hydrogen) atoms. The number of hydrogen-bond donors (Lipinski definition) is 1. The van der Waals surface area contributed by atoms with Crippen LogP contribution in [0.15, 0.2) is 72.8 Å². The smallest absolute Gasteiger partial charge is 0.265 e. The first-order chi connectivity index (χ1) is 16.1. The second kappa shape index (κ2) is 10.5. The number of nitrogens with one attached hydrogen (secondary N) is 1. The van der Waals surface area contributed by atoms with Crippen LogP contribution in [0.1, 0.15) is 12.0 Å². The van der Waals surface area contributed by atoms with Gasteiger partial charge in [0.1, 0.15) is 17.2 Å². The Morgan fingerprint density at radius 1 is 1.00 bits per heavy atom. The van der Waals surface area contributed by atoms with Crippen molar-refractivity contribution in [3.63, 3.8) is 0 Å². The molecule has 1 N–H and O–H groups in total. The van der Waals surface area contributed by atoms with Crippen LogP contribution in [0.5, 0.6) is 17.2 Å². The van der Waals surface area contributed by atoms with Gasteiger partial charge in [-0.15, -0.1) is 0 Å². The molecule has 0 radical (unpaired) electrons. The highest BCUT2D eigenvalue weighted by Crippen LogP contribution is 2.34. The Morgan fingerprint density at radius 2 is 1.76 bits per heavy atom. The van der Waals surface area contributed by atoms with Crippen LogP contribution in [-0.4, -0.2) is 38.2 Å². The molecule has 1 heterocycles. The van der Waals surface area contributed by atoms with Crippen LogP contribution in [0, 0.1) is 6.92 Å². The van der Waals surface area contributed by atoms with Gasteiger partial charge in [-0.3, -0.25) is 9.59 Å². The molecule has 0 saturated heterocycles. The van der Waals surface area contributed by atoms with Crippen molar-refractivity contribution in [2.24, 2.45) is 0 Å². The van der Waals surface area contributed by atoms with Crippen LogP contribution in [-0.2, 0) is 9.59 Å². The first-order valence-corrected chi connectivity index (χ1v) is 10.8. The third-order valence-electron chi connectivity index (χ3n) is 5.11. The molecule has 0 bridgehead atoms. The Labute approximate surface area is 192 Å². The topological polar surface area (TPSA) is 77.1 Å². The molecule has 0 spiro atoms. The van der Waals surface area contributed by atoms with Crippen LogP contribution >= 0.6 is 0 Å². The van der Waals surface area contributed by atoms with Crippen molar-refractivity contribution < 1.29 is 23.8 Å². The lowest BCUT2D eigenvalue weighted by molar-refractivity contribution is -0.121. The highest BCUT2D eigenvalue weighted by Gasteiger charge is 2.25. The van der Waals surface area contributed by atoms with E-state index in [1.165, 1.54) is 0 Å². The minimum atomic E-state index is -0.290. The van der Waals surface area contributed by atoms with Crippen molar-refractivity contribution in [2.45, 2.75) is 13.3 Å². The summed E-state index contributed by atoms with van der Waals surface area (Å²) < 4.78 is 16.8. The summed E-state index contributed by atoms with van der Waals surface area (Å²) in [5.74, 6) is 1.61. The number of ether oxygens (including phenoxy) is 3. The highest BCUT2D eigenvalue weighted by atomic mass is 16.5. The molecule has 0 aliphatic carbocycles. The van der Waals surface area contributed by atoms with Crippen molar-refractivity contribution in [3.05, 3.63) is 78.4 Å². The Morgan fingerprint density at radius 3 is 2.55 bits per heavy atom. The van der Waals surface area contributed by atoms with Crippen LogP contribution in [0.3, 0.4) is 0 Å². The third kappa shape index (κ3) is 6.04. The van der Waals surface area contributed by atoms with E-state index in [0.717, 1.165) is 11.3 Å². The van der Waals surface area contributed by atoms with Gasteiger partial charge in [-0.05, 0) is 55.8 Å². The fourth-order valence-corrected chi connectivity index (χ4v) is 3.43. The quantitative estimate of drug-likeness (QED) is 0.499. The molecule has 1 aliphatic heterocycles. The molecular weight excluding hydrogens is 420 g/mol. The third-order valence-corrected chi connectivity index (χ3v) is 5.11. The number of benzene rings is 3. The number of hydrogen-bond acceptors (Lipinski definition) is 5. The van der Waals surface area contributed by atoms with Crippen LogP contribution in [0.25, 0.3) is 0 Å². The lowest BCUT2D eigenvalue weighted by Crippen LogP contribution is -2.39. The molecule has 0 atom stereocenters. The largest absolute Gasteiger partial charge is 0.494 e. The zero-order valence-corrected chi connectivity index (χ0v) is 18.5. The van der Waals surface area contributed by atoms with Gasteiger partial charge in [0.05, 0.1) is 12.3 Å². The molecule has 7 nitrogen and oxygen atoms in total. The summed E-state index contributed by atoms with van der Waals surface area (Å²) in [6.45, 7) is 2.83. The van der Waals surface area contributed by atoms with Crippen molar-refractivity contribution in [1.29, 1.82) is 0 Å². The number of para-hydroxylation sites is 1. The van der Waals surface area contributed by atoms with Crippen molar-refractivity contribution >= 4 is 23.2 Å². The van der Waals surface area contributed by atoms with E-state index >= 15 is 0 Å². The number of carbonyl (C=O) groups excluding carboxylic acids is 2. The van der Waals surface area contributed by atoms with Crippen LogP contribution in [0.4, 0.5) is 11.4 Å². The van der Waals surface area contributed by atoms with E-state index in [1.807, 2.05) is 61.5 Å². The zero-order chi connectivity index (χ0) is 23.0. The Hall–Kier alpha value is -4.00. The maximum absolute atomic E-state index is 12.5. The van der Waals surface area contributed by atoms with Crippen molar-refractivity contribution in [3.8, 4) is 17.2 Å². The molecule has 2 amide bonds. The van der Waals surface area contributed by atoms with E-state index < -0.39 is 0 Å². The molecule has 4 rings (SSSR count). The summed E-state index contributed by atoms with van der Waals surface area (Å²) >= 11 is 0. The summed E-state index contributed by atoms with van der Waals surface area (Å²) in [5.41, 5.74) is 2.31. The van der Waals surface area contributed by atoms with E-state index in [4.69, 9.17) is 14.2 Å². The lowest BCUT2D eigenvalue weighted by atomic mass is 10.2. The molecule has 3 aromatic carbocycles. The molecule has 1 aliphatic rings. The standard InChI is InChI=1S/C26H26N2O5/c1-19-8-11-22(12-9-19)32-17-25(29)27-20-10-13-24-23(16-20)28(26(30)18-33-24)14-5-15-31-21-6-3-2-4-7-21/h2-4,6-13,16H,5,14-15,17-18H2,1H3,(H,27,29). The predicted octanol–water partition coefficient (Wildman–Crippen LogP) is 4.21. The molecule has 3 aromatic rings. The fourth-order valence-electron chi connectivity index (χ4n) is 3.43. The molecule has 170 valence electrons. The van der Waals surface area contributed by atoms with E-state index in [-0.39, 0.29) is 25.0 Å². The van der Waals surface area contributed by atoms with E-state index in [9.17, 15) is 9.59 Å². The monoisotopic (exact) mass is 446 g/mol. The second-order valence-electron chi connectivity index (χ2n) is 7.68. The summed E-state index contributed by atoms with van der Waals surface area (Å²) in [6, 6.07) is 22.3. The van der Waals surface area contributed by atoms with Crippen molar-refractivity contribution in [1.82, 2.24) is 0 Å². The van der Waals surface area contributed by atoms with Crippen molar-refractivity contribution in [2.75, 3.05) is 36.6 Å². The summed E-state index contributed by atoms with van der Waals surface area (Å²) in [6.07, 6.45) is 0.654. The van der Waals surface area contributed by atoms with Gasteiger partial charge in [-0.1, -0.05) is 35.9 Å². The van der Waals surface area contributed by atoms with Crippen LogP contribution < -0.4 is 24.4 Å². The van der Waals surface area contributed by atoms with Gasteiger partial charge in [-0.25, -0.2) is 0 Å². The lowest BCUT2D eigenvalue weighted by Gasteiger charge is -2.29. The van der Waals surface area contributed by atoms with Gasteiger partial charge in [-0.2, -0.15) is 0 Å². The second-order valence-corrected chi connectivity index (χ2v) is 7.68. The molecular formula is C26H26N2O5. The van der Waals surface area contributed by atoms with Gasteiger partial charge in [0, 0.05) is 12.2 Å². The van der Waals surface area contributed by atoms with Gasteiger partial charge in [0.2, 0.25) is 0 Å². The number of rotatable bonds is 9. The highest BCUT2D eigenvalue weighted by molar-refractivity contribution is 5.99. The predicted molar refractivity (Wildman–Crippen MR) is 126 cm³/mol. The minimum Gasteiger partial charge on any atom is -0.494 e. The number of aryl methyl sites for hydroxylation is 1. The summed E-state index contributed by atoms with van der Waals surface area (Å²) in [7, 11) is 0. The molecule has 0 unspecified atom stereocenters. The number of anilines is 2. The molecule has 7 heteroatoms. The Bertz CT molecular complexity index is 1100. The van der Waals surface area contributed by atoms with E-state index in [1.54, 1.807) is 23.1 Å². The number of amides is 2. The van der Waals surface area contributed by atoms with Gasteiger partial charge >= 0.3 is 0 Å². The van der Waals surface area contributed by atoms with Gasteiger partial charge in [0.15, 0.2) is 13.2 Å². The zero-order valence-electron chi connectivity index (χ0n) is 18.5. The van der Waals surface area contributed by atoms with Gasteiger partial charge < -0.3 is 24.4 Å². The average Bonchev–Trinajstić information content (AvgIpc) is 2.83. The minimum absolute atomic E-state index is 0.0113. The Balaban J connectivity index is 1.34. The summed E-state index contributed by atoms with van der Waals surface area (Å²) in [5, 5.41) is 2.82. The average molecular weight is 447 g/mol. The Kier molecular flexibility index (Phi) is 7.09. The maximum atomic E-state index is 12.5. The molecule has 0 saturated carbocycles. The fraction of sp³-hybridized carbons (Fsp3) is 0.231. The van der Waals surface area contributed by atoms with Gasteiger partial charge in [0.25, 0.3) is 11.8 Å². The van der Waals surface area contributed by atoms with E-state index in [2.05, 4.69) is 5.32 Å². The number of nitrogens with zero attached hydrogens (tertiary/aromatic N) is 1. The molecule has 0 aromatic heterocycles. The molecule has 0 fully saturated rings. The number of carbonyl (C=O) groups is 2.